The molecule has 0 aromatic carbocycles. The smallest absolute Gasteiger partial charge is 0.334 e. The quantitative estimate of drug-likeness (QED) is 0.590. The number of nitrogens with one attached hydrogen (secondary N) is 1. The molecule has 0 saturated heterocycles. The minimum Gasteiger partial charge on any atom is -0.478 e. The Kier molecular flexibility index (Phi) is 1.98. The van der Waals surface area contributed by atoms with Gasteiger partial charge in [0.2, 0.25) is 0 Å². The van der Waals surface area contributed by atoms with Crippen molar-refractivity contribution in [3.05, 3.63) is 29.5 Å². The van der Waals surface area contributed by atoms with E-state index in [2.05, 4.69) is 5.32 Å². The number of rotatable bonds is 1. The Morgan fingerprint density at radius 2 is 2.09 bits per heavy atom. The molecule has 0 aromatic rings. The third-order valence-corrected chi connectivity index (χ3v) is 1.52. The highest BCUT2D eigenvalue weighted by Crippen LogP contribution is 2.16. The Balaban J connectivity index is 2.87. The predicted molar refractivity (Wildman–Crippen MR) is 41.5 cm³/mol. The minimum atomic E-state index is -0.890. The number of hydrogen-bond acceptors (Lipinski definition) is 2. The van der Waals surface area contributed by atoms with E-state index in [4.69, 9.17) is 5.11 Å². The third kappa shape index (κ3) is 1.61. The Hall–Kier alpha value is -1.25. The molecule has 0 unspecified atom stereocenters. The summed E-state index contributed by atoms with van der Waals surface area (Å²) in [5.74, 6) is -0.890. The van der Waals surface area contributed by atoms with Crippen molar-refractivity contribution in [3.8, 4) is 0 Å². The summed E-state index contributed by atoms with van der Waals surface area (Å²) in [6.07, 6.45) is 3.35. The van der Waals surface area contributed by atoms with Gasteiger partial charge in [-0.05, 0) is 26.0 Å². The second-order valence-corrected chi connectivity index (χ2v) is 2.49. The summed E-state index contributed by atoms with van der Waals surface area (Å²) < 4.78 is 0. The first-order valence-electron chi connectivity index (χ1n) is 3.34. The SMILES string of the molecule is C[C]1NC(C)=CC=C1C(=O)O. The Morgan fingerprint density at radius 3 is 2.55 bits per heavy atom. The van der Waals surface area contributed by atoms with Crippen molar-refractivity contribution in [1.29, 1.82) is 0 Å². The topological polar surface area (TPSA) is 49.3 Å². The van der Waals surface area contributed by atoms with E-state index in [9.17, 15) is 4.79 Å². The summed E-state index contributed by atoms with van der Waals surface area (Å²) in [6.45, 7) is 3.63. The van der Waals surface area contributed by atoms with Crippen LogP contribution in [0.2, 0.25) is 0 Å². The van der Waals surface area contributed by atoms with Crippen molar-refractivity contribution >= 4 is 5.97 Å². The van der Waals surface area contributed by atoms with Crippen molar-refractivity contribution in [2.45, 2.75) is 13.8 Å². The van der Waals surface area contributed by atoms with Gasteiger partial charge in [-0.3, -0.25) is 0 Å². The molecule has 59 valence electrons. The maximum absolute atomic E-state index is 10.5. The average molecular weight is 152 g/mol. The molecule has 1 aliphatic rings. The number of aliphatic carboxylic acids is 1. The van der Waals surface area contributed by atoms with Crippen LogP contribution in [0.25, 0.3) is 0 Å². The molecule has 0 aliphatic carbocycles. The highest BCUT2D eigenvalue weighted by Gasteiger charge is 2.18. The molecule has 0 spiro atoms. The van der Waals surface area contributed by atoms with Gasteiger partial charge in [0.15, 0.2) is 0 Å². The second kappa shape index (κ2) is 2.78. The normalized spacial score (nSPS) is 18.4. The average Bonchev–Trinajstić information content (AvgIpc) is 1.85. The molecule has 2 N–H and O–H groups in total. The summed E-state index contributed by atoms with van der Waals surface area (Å²) in [7, 11) is 0. The lowest BCUT2D eigenvalue weighted by Crippen LogP contribution is -2.24. The molecule has 3 heteroatoms. The van der Waals surface area contributed by atoms with Gasteiger partial charge in [-0.2, -0.15) is 0 Å². The van der Waals surface area contributed by atoms with E-state index >= 15 is 0 Å². The summed E-state index contributed by atoms with van der Waals surface area (Å²) >= 11 is 0. The van der Waals surface area contributed by atoms with Crippen LogP contribution in [0.4, 0.5) is 0 Å². The molecule has 1 aliphatic heterocycles. The van der Waals surface area contributed by atoms with E-state index in [1.807, 2.05) is 6.92 Å². The van der Waals surface area contributed by atoms with Crippen LogP contribution < -0.4 is 5.32 Å². The van der Waals surface area contributed by atoms with Crippen molar-refractivity contribution in [1.82, 2.24) is 5.32 Å². The zero-order chi connectivity index (χ0) is 8.43. The number of carboxylic acids is 1. The molecule has 11 heavy (non-hydrogen) atoms. The first kappa shape index (κ1) is 7.85. The van der Waals surface area contributed by atoms with Crippen LogP contribution in [0.3, 0.4) is 0 Å². The molecular formula is C8H10NO2. The Morgan fingerprint density at radius 1 is 1.45 bits per heavy atom. The van der Waals surface area contributed by atoms with Crippen molar-refractivity contribution in [2.75, 3.05) is 0 Å². The highest BCUT2D eigenvalue weighted by atomic mass is 16.4. The largest absolute Gasteiger partial charge is 0.478 e. The Bertz CT molecular complexity index is 240. The molecule has 0 aromatic heterocycles. The van der Waals surface area contributed by atoms with Gasteiger partial charge in [0, 0.05) is 5.70 Å². The van der Waals surface area contributed by atoms with Gasteiger partial charge in [0.25, 0.3) is 0 Å². The zero-order valence-electron chi connectivity index (χ0n) is 6.51. The predicted octanol–water partition coefficient (Wildman–Crippen LogP) is 1.06. The molecule has 3 nitrogen and oxygen atoms in total. The van der Waals surface area contributed by atoms with Crippen LogP contribution in [0.5, 0.6) is 0 Å². The maximum atomic E-state index is 10.5. The lowest BCUT2D eigenvalue weighted by molar-refractivity contribution is -0.132. The number of dihydropyridines is 1. The van der Waals surface area contributed by atoms with E-state index < -0.39 is 5.97 Å². The summed E-state index contributed by atoms with van der Waals surface area (Å²) in [6, 6.07) is 0.692. The molecule has 1 heterocycles. The number of carbonyl (C=O) groups is 1. The number of allylic oxidation sites excluding steroid dienone is 3. The van der Waals surface area contributed by atoms with Crippen molar-refractivity contribution in [2.24, 2.45) is 0 Å². The van der Waals surface area contributed by atoms with E-state index in [-0.39, 0.29) is 0 Å². The Labute approximate surface area is 65.4 Å². The molecule has 0 saturated carbocycles. The van der Waals surface area contributed by atoms with E-state index in [1.54, 1.807) is 19.1 Å². The van der Waals surface area contributed by atoms with Crippen molar-refractivity contribution in [3.63, 3.8) is 0 Å². The van der Waals surface area contributed by atoms with Crippen LogP contribution in [0.15, 0.2) is 23.4 Å². The van der Waals surface area contributed by atoms with Gasteiger partial charge in [-0.25, -0.2) is 4.79 Å². The molecule has 0 atom stereocenters. The van der Waals surface area contributed by atoms with Crippen LogP contribution in [-0.4, -0.2) is 11.1 Å². The van der Waals surface area contributed by atoms with Crippen LogP contribution in [0.1, 0.15) is 13.8 Å². The van der Waals surface area contributed by atoms with Gasteiger partial charge >= 0.3 is 5.97 Å². The molecule has 0 bridgehead atoms. The zero-order valence-corrected chi connectivity index (χ0v) is 6.51. The first-order chi connectivity index (χ1) is 5.11. The maximum Gasteiger partial charge on any atom is 0.334 e. The van der Waals surface area contributed by atoms with E-state index in [0.29, 0.717) is 11.6 Å². The van der Waals surface area contributed by atoms with Crippen molar-refractivity contribution < 1.29 is 9.90 Å². The number of hydrogen-bond donors (Lipinski definition) is 2. The highest BCUT2D eigenvalue weighted by molar-refractivity contribution is 5.91. The lowest BCUT2D eigenvalue weighted by atomic mass is 10.1. The third-order valence-electron chi connectivity index (χ3n) is 1.52. The second-order valence-electron chi connectivity index (χ2n) is 2.49. The first-order valence-corrected chi connectivity index (χ1v) is 3.34. The molecule has 0 amide bonds. The standard InChI is InChI=1S/C8H10NO2/c1-5-3-4-7(8(10)11)6(2)9-5/h3-4,9H,1-2H3,(H,10,11). The summed E-state index contributed by atoms with van der Waals surface area (Å²) in [5, 5.41) is 11.6. The fourth-order valence-electron chi connectivity index (χ4n) is 0.970. The van der Waals surface area contributed by atoms with E-state index in [1.165, 1.54) is 0 Å². The van der Waals surface area contributed by atoms with Crippen LogP contribution >= 0.6 is 0 Å². The lowest BCUT2D eigenvalue weighted by Gasteiger charge is -2.18. The van der Waals surface area contributed by atoms with Gasteiger partial charge in [0.05, 0.1) is 11.6 Å². The van der Waals surface area contributed by atoms with Crippen LogP contribution in [-0.2, 0) is 4.79 Å². The monoisotopic (exact) mass is 152 g/mol. The van der Waals surface area contributed by atoms with Gasteiger partial charge in [0.1, 0.15) is 0 Å². The molecule has 1 rings (SSSR count). The van der Waals surface area contributed by atoms with Gasteiger partial charge < -0.3 is 10.4 Å². The van der Waals surface area contributed by atoms with Gasteiger partial charge in [-0.15, -0.1) is 0 Å². The fraction of sp³-hybridized carbons (Fsp3) is 0.250. The molecule has 1 radical (unpaired) electrons. The summed E-state index contributed by atoms with van der Waals surface area (Å²) in [4.78, 5) is 10.5. The molecule has 0 fully saturated rings. The van der Waals surface area contributed by atoms with Gasteiger partial charge in [-0.1, -0.05) is 0 Å². The minimum absolute atomic E-state index is 0.329. The molecular weight excluding hydrogens is 142 g/mol. The summed E-state index contributed by atoms with van der Waals surface area (Å²) in [5.41, 5.74) is 1.29. The fourth-order valence-corrected chi connectivity index (χ4v) is 0.970. The van der Waals surface area contributed by atoms with E-state index in [0.717, 1.165) is 5.70 Å². The number of carboxylic acid groups (broad SMARTS) is 1. The van der Waals surface area contributed by atoms with Crippen LogP contribution in [0, 0.1) is 6.04 Å².